The molecule has 9 nitrogen and oxygen atoms in total. The van der Waals surface area contributed by atoms with Crippen molar-refractivity contribution in [1.29, 1.82) is 0 Å². The van der Waals surface area contributed by atoms with Gasteiger partial charge in [0, 0.05) is 0 Å². The third-order valence-corrected chi connectivity index (χ3v) is 7.03. The molecule has 3 atom stereocenters. The lowest BCUT2D eigenvalue weighted by atomic mass is 10.1. The Morgan fingerprint density at radius 2 is 1.33 bits per heavy atom. The second kappa shape index (κ2) is 8.44. The number of hydrogen-bond donors (Lipinski definition) is 1. The van der Waals surface area contributed by atoms with Crippen molar-refractivity contribution >= 4 is 26.2 Å². The van der Waals surface area contributed by atoms with Crippen LogP contribution < -0.4 is 0 Å². The SMILES string of the molecule is Cc1ccc(S(=O)(=O)OC[C@H]2OC(=O)[C@H](OS(=O)(=O)c3ccc(C)cc3)[C@H]2O)cc1. The molecule has 11 heteroatoms. The maximum atomic E-state index is 12.4. The normalized spacial score (nSPS) is 22.1. The largest absolute Gasteiger partial charge is 0.455 e. The minimum atomic E-state index is -4.36. The minimum Gasteiger partial charge on any atom is -0.455 e. The van der Waals surface area contributed by atoms with Crippen molar-refractivity contribution in [2.45, 2.75) is 42.0 Å². The maximum Gasteiger partial charge on any atom is 0.340 e. The van der Waals surface area contributed by atoms with E-state index in [2.05, 4.69) is 0 Å². The minimum absolute atomic E-state index is 0.110. The zero-order valence-electron chi connectivity index (χ0n) is 16.1. The lowest BCUT2D eigenvalue weighted by Gasteiger charge is -2.16. The molecule has 0 saturated carbocycles. The number of ether oxygens (including phenoxy) is 1. The van der Waals surface area contributed by atoms with Gasteiger partial charge in [-0.1, -0.05) is 35.4 Å². The van der Waals surface area contributed by atoms with Crippen LogP contribution in [0.3, 0.4) is 0 Å². The Balaban J connectivity index is 1.68. The van der Waals surface area contributed by atoms with Crippen LogP contribution in [-0.4, -0.2) is 52.8 Å². The summed E-state index contributed by atoms with van der Waals surface area (Å²) in [5.74, 6) is -1.14. The molecule has 1 fully saturated rings. The Hall–Kier alpha value is -2.31. The Morgan fingerprint density at radius 1 is 0.867 bits per heavy atom. The summed E-state index contributed by atoms with van der Waals surface area (Å²) in [6, 6.07) is 11.6. The van der Waals surface area contributed by atoms with E-state index in [9.17, 15) is 26.7 Å². The van der Waals surface area contributed by atoms with Gasteiger partial charge in [-0.05, 0) is 38.1 Å². The predicted molar refractivity (Wildman–Crippen MR) is 103 cm³/mol. The average molecular weight is 456 g/mol. The maximum absolute atomic E-state index is 12.4. The highest BCUT2D eigenvalue weighted by atomic mass is 32.2. The number of aliphatic hydroxyl groups is 1. The molecule has 1 aliphatic rings. The Bertz CT molecular complexity index is 1120. The topological polar surface area (TPSA) is 133 Å². The number of carbonyl (C=O) groups is 1. The third kappa shape index (κ3) is 4.87. The van der Waals surface area contributed by atoms with Crippen LogP contribution in [0.1, 0.15) is 11.1 Å². The molecular weight excluding hydrogens is 436 g/mol. The summed E-state index contributed by atoms with van der Waals surface area (Å²) >= 11 is 0. The molecule has 0 amide bonds. The Kier molecular flexibility index (Phi) is 6.29. The number of hydrogen-bond acceptors (Lipinski definition) is 9. The molecule has 0 spiro atoms. The summed E-state index contributed by atoms with van der Waals surface area (Å²) in [6.45, 7) is 2.86. The van der Waals surface area contributed by atoms with Crippen molar-refractivity contribution < 1.29 is 39.8 Å². The summed E-state index contributed by atoms with van der Waals surface area (Å²) in [6.07, 6.45) is -5.01. The molecule has 3 rings (SSSR count). The second-order valence-corrected chi connectivity index (χ2v) is 9.99. The van der Waals surface area contributed by atoms with Gasteiger partial charge in [0.2, 0.25) is 6.10 Å². The molecule has 0 bridgehead atoms. The van der Waals surface area contributed by atoms with Gasteiger partial charge in [-0.2, -0.15) is 16.8 Å². The molecule has 0 unspecified atom stereocenters. The average Bonchev–Trinajstić information content (AvgIpc) is 2.94. The van der Waals surface area contributed by atoms with Crippen molar-refractivity contribution in [3.63, 3.8) is 0 Å². The van der Waals surface area contributed by atoms with Crippen molar-refractivity contribution in [2.24, 2.45) is 0 Å². The van der Waals surface area contributed by atoms with Crippen LogP contribution >= 0.6 is 0 Å². The van der Waals surface area contributed by atoms with Crippen LogP contribution in [-0.2, 0) is 38.1 Å². The fourth-order valence-electron chi connectivity index (χ4n) is 2.68. The third-order valence-electron chi connectivity index (χ3n) is 4.43. The van der Waals surface area contributed by atoms with Crippen LogP contribution in [0, 0.1) is 13.8 Å². The first-order valence-electron chi connectivity index (χ1n) is 8.84. The van der Waals surface area contributed by atoms with Gasteiger partial charge >= 0.3 is 5.97 Å². The van der Waals surface area contributed by atoms with Crippen molar-refractivity contribution in [3.05, 3.63) is 59.7 Å². The van der Waals surface area contributed by atoms with Crippen LogP contribution in [0.15, 0.2) is 58.3 Å². The molecule has 30 heavy (non-hydrogen) atoms. The van der Waals surface area contributed by atoms with Crippen molar-refractivity contribution in [3.8, 4) is 0 Å². The van der Waals surface area contributed by atoms with E-state index in [0.29, 0.717) is 0 Å². The zero-order valence-corrected chi connectivity index (χ0v) is 17.7. The number of benzene rings is 2. The lowest BCUT2D eigenvalue weighted by Crippen LogP contribution is -2.37. The molecule has 2 aromatic carbocycles. The quantitative estimate of drug-likeness (QED) is 0.480. The van der Waals surface area contributed by atoms with Gasteiger partial charge in [-0.15, -0.1) is 0 Å². The van der Waals surface area contributed by atoms with Gasteiger partial charge in [-0.3, -0.25) is 4.18 Å². The predicted octanol–water partition coefficient (Wildman–Crippen LogP) is 1.07. The van der Waals surface area contributed by atoms with E-state index in [1.54, 1.807) is 38.1 Å². The Morgan fingerprint density at radius 3 is 1.83 bits per heavy atom. The van der Waals surface area contributed by atoms with Crippen LogP contribution in [0.4, 0.5) is 0 Å². The van der Waals surface area contributed by atoms with E-state index in [1.807, 2.05) is 0 Å². The van der Waals surface area contributed by atoms with E-state index in [1.165, 1.54) is 24.3 Å². The van der Waals surface area contributed by atoms with Gasteiger partial charge in [-0.25, -0.2) is 8.98 Å². The first-order chi connectivity index (χ1) is 14.0. The van der Waals surface area contributed by atoms with E-state index in [0.717, 1.165) is 11.1 Å². The van der Waals surface area contributed by atoms with E-state index in [-0.39, 0.29) is 9.79 Å². The van der Waals surface area contributed by atoms with E-state index < -0.39 is 51.1 Å². The van der Waals surface area contributed by atoms with Gasteiger partial charge < -0.3 is 9.84 Å². The zero-order chi connectivity index (χ0) is 22.1. The molecule has 162 valence electrons. The summed E-state index contributed by atoms with van der Waals surface area (Å²) in [7, 11) is -8.53. The molecule has 0 aromatic heterocycles. The van der Waals surface area contributed by atoms with Gasteiger partial charge in [0.25, 0.3) is 20.2 Å². The number of rotatable bonds is 7. The van der Waals surface area contributed by atoms with Gasteiger partial charge in [0.05, 0.1) is 9.79 Å². The molecular formula is C19H20O9S2. The van der Waals surface area contributed by atoms with Crippen LogP contribution in [0.2, 0.25) is 0 Å². The summed E-state index contributed by atoms with van der Waals surface area (Å²) in [5, 5.41) is 10.3. The second-order valence-electron chi connectivity index (χ2n) is 6.80. The van der Waals surface area contributed by atoms with Crippen LogP contribution in [0.5, 0.6) is 0 Å². The summed E-state index contributed by atoms with van der Waals surface area (Å²) in [4.78, 5) is 11.7. The molecule has 0 radical (unpaired) electrons. The smallest absolute Gasteiger partial charge is 0.340 e. The molecule has 1 aliphatic heterocycles. The highest BCUT2D eigenvalue weighted by Crippen LogP contribution is 2.25. The first-order valence-corrected chi connectivity index (χ1v) is 11.7. The van der Waals surface area contributed by atoms with Gasteiger partial charge in [0.15, 0.2) is 6.10 Å². The summed E-state index contributed by atoms with van der Waals surface area (Å²) < 4.78 is 63.8. The molecule has 1 saturated heterocycles. The molecule has 0 aliphatic carbocycles. The molecule has 2 aromatic rings. The number of esters is 1. The standard InChI is InChI=1S/C19H20O9S2/c1-12-3-7-14(8-4-12)29(22,23)26-11-16-17(20)18(19(21)27-16)28-30(24,25)15-9-5-13(2)6-10-15/h3-10,16-18,20H,11H2,1-2H3/t16-,17+,18-/m1/s1. The van der Waals surface area contributed by atoms with Gasteiger partial charge in [0.1, 0.15) is 12.7 Å². The highest BCUT2D eigenvalue weighted by Gasteiger charge is 2.48. The van der Waals surface area contributed by atoms with E-state index >= 15 is 0 Å². The first kappa shape index (κ1) is 22.4. The fraction of sp³-hybridized carbons (Fsp3) is 0.316. The van der Waals surface area contributed by atoms with Crippen molar-refractivity contribution in [1.82, 2.24) is 0 Å². The van der Waals surface area contributed by atoms with Crippen LogP contribution in [0.25, 0.3) is 0 Å². The molecule has 1 heterocycles. The highest BCUT2D eigenvalue weighted by molar-refractivity contribution is 7.87. The monoisotopic (exact) mass is 456 g/mol. The number of cyclic esters (lactones) is 1. The number of aryl methyl sites for hydroxylation is 2. The number of carbonyl (C=O) groups excluding carboxylic acids is 1. The fourth-order valence-corrected chi connectivity index (χ4v) is 4.64. The molecule has 1 N–H and O–H groups in total. The van der Waals surface area contributed by atoms with Crippen molar-refractivity contribution in [2.75, 3.05) is 6.61 Å². The number of aliphatic hydroxyl groups excluding tert-OH is 1. The lowest BCUT2D eigenvalue weighted by molar-refractivity contribution is -0.147. The Labute approximate surface area is 174 Å². The van der Waals surface area contributed by atoms with E-state index in [4.69, 9.17) is 13.1 Å². The summed E-state index contributed by atoms with van der Waals surface area (Å²) in [5.41, 5.74) is 1.67.